The Morgan fingerprint density at radius 1 is 1.43 bits per heavy atom. The first-order valence-corrected chi connectivity index (χ1v) is 5.39. The number of methoxy groups -OCH3 is 1. The van der Waals surface area contributed by atoms with Crippen molar-refractivity contribution < 1.29 is 4.74 Å². The molecule has 1 unspecified atom stereocenters. The second kappa shape index (κ2) is 4.91. The molecule has 78 valence electrons. The van der Waals surface area contributed by atoms with E-state index in [9.17, 15) is 0 Å². The van der Waals surface area contributed by atoms with Crippen molar-refractivity contribution in [1.29, 1.82) is 0 Å². The molecule has 0 spiro atoms. The molecule has 0 fully saturated rings. The van der Waals surface area contributed by atoms with E-state index in [-0.39, 0.29) is 5.60 Å². The molecular weight excluding hydrogens is 242 g/mol. The van der Waals surface area contributed by atoms with Gasteiger partial charge >= 0.3 is 0 Å². The molecular formula is C11H16BrNO. The summed E-state index contributed by atoms with van der Waals surface area (Å²) >= 11 is 3.51. The minimum absolute atomic E-state index is 0.274. The third kappa shape index (κ3) is 2.80. The fourth-order valence-electron chi connectivity index (χ4n) is 1.27. The zero-order valence-electron chi connectivity index (χ0n) is 8.59. The van der Waals surface area contributed by atoms with Gasteiger partial charge in [0.1, 0.15) is 0 Å². The van der Waals surface area contributed by atoms with Crippen LogP contribution in [-0.2, 0) is 11.2 Å². The molecule has 0 aromatic heterocycles. The minimum Gasteiger partial charge on any atom is -0.377 e. The fraction of sp³-hybridized carbons (Fsp3) is 0.455. The van der Waals surface area contributed by atoms with Crippen molar-refractivity contribution in [1.82, 2.24) is 0 Å². The quantitative estimate of drug-likeness (QED) is 0.899. The van der Waals surface area contributed by atoms with Gasteiger partial charge in [0.15, 0.2) is 0 Å². The first-order valence-electron chi connectivity index (χ1n) is 4.60. The third-order valence-corrected chi connectivity index (χ3v) is 3.22. The highest BCUT2D eigenvalue weighted by Crippen LogP contribution is 2.22. The van der Waals surface area contributed by atoms with Crippen LogP contribution in [0.1, 0.15) is 12.5 Å². The summed E-state index contributed by atoms with van der Waals surface area (Å²) in [5, 5.41) is 0. The van der Waals surface area contributed by atoms with Gasteiger partial charge in [-0.3, -0.25) is 0 Å². The lowest BCUT2D eigenvalue weighted by Crippen LogP contribution is -2.38. The molecule has 1 rings (SSSR count). The maximum Gasteiger partial charge on any atom is 0.0812 e. The van der Waals surface area contributed by atoms with Crippen molar-refractivity contribution in [2.45, 2.75) is 18.9 Å². The third-order valence-electron chi connectivity index (χ3n) is 2.45. The summed E-state index contributed by atoms with van der Waals surface area (Å²) in [6.07, 6.45) is 0.821. The van der Waals surface area contributed by atoms with Crippen molar-refractivity contribution in [2.75, 3.05) is 13.7 Å². The standard InChI is InChI=1S/C11H16BrNO/c1-11(8-13,14-2)7-9-5-3-4-6-10(9)12/h3-6H,7-8,13H2,1-2H3. The van der Waals surface area contributed by atoms with Gasteiger partial charge in [-0.2, -0.15) is 0 Å². The maximum absolute atomic E-state index is 5.68. The Morgan fingerprint density at radius 3 is 2.57 bits per heavy atom. The van der Waals surface area contributed by atoms with Crippen LogP contribution >= 0.6 is 15.9 Å². The molecule has 14 heavy (non-hydrogen) atoms. The predicted octanol–water partition coefficient (Wildman–Crippen LogP) is 2.36. The molecule has 2 nitrogen and oxygen atoms in total. The molecule has 1 aromatic rings. The zero-order valence-corrected chi connectivity index (χ0v) is 10.2. The van der Waals surface area contributed by atoms with E-state index < -0.39 is 0 Å². The predicted molar refractivity (Wildman–Crippen MR) is 62.3 cm³/mol. The average molecular weight is 258 g/mol. The van der Waals surface area contributed by atoms with Crippen LogP contribution in [0.5, 0.6) is 0 Å². The van der Waals surface area contributed by atoms with E-state index in [2.05, 4.69) is 22.0 Å². The zero-order chi connectivity index (χ0) is 10.6. The Balaban J connectivity index is 2.82. The van der Waals surface area contributed by atoms with Gasteiger partial charge in [0.25, 0.3) is 0 Å². The summed E-state index contributed by atoms with van der Waals surface area (Å²) in [7, 11) is 1.70. The topological polar surface area (TPSA) is 35.2 Å². The molecule has 0 radical (unpaired) electrons. The van der Waals surface area contributed by atoms with Crippen LogP contribution in [0.4, 0.5) is 0 Å². The maximum atomic E-state index is 5.68. The Morgan fingerprint density at radius 2 is 2.07 bits per heavy atom. The van der Waals surface area contributed by atoms with Crippen LogP contribution < -0.4 is 5.73 Å². The highest BCUT2D eigenvalue weighted by molar-refractivity contribution is 9.10. The van der Waals surface area contributed by atoms with Crippen LogP contribution in [0.2, 0.25) is 0 Å². The van der Waals surface area contributed by atoms with E-state index in [4.69, 9.17) is 10.5 Å². The molecule has 0 amide bonds. The van der Waals surface area contributed by atoms with E-state index in [0.29, 0.717) is 6.54 Å². The largest absolute Gasteiger partial charge is 0.377 e. The van der Waals surface area contributed by atoms with Gasteiger partial charge in [0, 0.05) is 24.5 Å². The highest BCUT2D eigenvalue weighted by Gasteiger charge is 2.22. The molecule has 0 aliphatic heterocycles. The minimum atomic E-state index is -0.274. The Labute approximate surface area is 93.6 Å². The van der Waals surface area contributed by atoms with Gasteiger partial charge < -0.3 is 10.5 Å². The number of halogens is 1. The van der Waals surface area contributed by atoms with E-state index in [1.807, 2.05) is 25.1 Å². The molecule has 0 saturated heterocycles. The second-order valence-electron chi connectivity index (χ2n) is 3.63. The van der Waals surface area contributed by atoms with Gasteiger partial charge in [0.05, 0.1) is 5.60 Å². The van der Waals surface area contributed by atoms with Crippen molar-refractivity contribution in [3.8, 4) is 0 Å². The molecule has 2 N–H and O–H groups in total. The number of hydrogen-bond donors (Lipinski definition) is 1. The van der Waals surface area contributed by atoms with Gasteiger partial charge in [-0.15, -0.1) is 0 Å². The molecule has 1 atom stereocenters. The lowest BCUT2D eigenvalue weighted by atomic mass is 9.96. The Bertz CT molecular complexity index is 297. The fourth-order valence-corrected chi connectivity index (χ4v) is 1.70. The van der Waals surface area contributed by atoms with Gasteiger partial charge in [0.2, 0.25) is 0 Å². The van der Waals surface area contributed by atoms with Crippen LogP contribution in [-0.4, -0.2) is 19.3 Å². The SMILES string of the molecule is COC(C)(CN)Cc1ccccc1Br. The molecule has 0 heterocycles. The van der Waals surface area contributed by atoms with E-state index in [1.165, 1.54) is 5.56 Å². The average Bonchev–Trinajstić information content (AvgIpc) is 2.21. The number of ether oxygens (including phenoxy) is 1. The van der Waals surface area contributed by atoms with Crippen molar-refractivity contribution in [3.63, 3.8) is 0 Å². The van der Waals surface area contributed by atoms with Crippen LogP contribution in [0.25, 0.3) is 0 Å². The van der Waals surface area contributed by atoms with Crippen molar-refractivity contribution in [3.05, 3.63) is 34.3 Å². The Kier molecular flexibility index (Phi) is 4.11. The number of nitrogens with two attached hydrogens (primary N) is 1. The lowest BCUT2D eigenvalue weighted by Gasteiger charge is -2.26. The van der Waals surface area contributed by atoms with E-state index >= 15 is 0 Å². The van der Waals surface area contributed by atoms with Crippen molar-refractivity contribution >= 4 is 15.9 Å². The normalized spacial score (nSPS) is 15.1. The van der Waals surface area contributed by atoms with Gasteiger partial charge in [-0.25, -0.2) is 0 Å². The monoisotopic (exact) mass is 257 g/mol. The molecule has 0 aliphatic rings. The lowest BCUT2D eigenvalue weighted by molar-refractivity contribution is 0.0142. The summed E-state index contributed by atoms with van der Waals surface area (Å²) < 4.78 is 6.51. The summed E-state index contributed by atoms with van der Waals surface area (Å²) in [5.41, 5.74) is 6.63. The summed E-state index contributed by atoms with van der Waals surface area (Å²) in [6.45, 7) is 2.54. The first-order chi connectivity index (χ1) is 6.61. The number of rotatable bonds is 4. The van der Waals surface area contributed by atoms with E-state index in [0.717, 1.165) is 10.9 Å². The molecule has 0 bridgehead atoms. The first kappa shape index (κ1) is 11.7. The Hall–Kier alpha value is -0.380. The van der Waals surface area contributed by atoms with E-state index in [1.54, 1.807) is 7.11 Å². The molecule has 3 heteroatoms. The number of hydrogen-bond acceptors (Lipinski definition) is 2. The van der Waals surface area contributed by atoms with Crippen LogP contribution in [0, 0.1) is 0 Å². The van der Waals surface area contributed by atoms with Gasteiger partial charge in [-0.05, 0) is 18.6 Å². The molecule has 1 aromatic carbocycles. The molecule has 0 saturated carbocycles. The highest BCUT2D eigenvalue weighted by atomic mass is 79.9. The smallest absolute Gasteiger partial charge is 0.0812 e. The molecule has 0 aliphatic carbocycles. The summed E-state index contributed by atoms with van der Waals surface area (Å²) in [4.78, 5) is 0. The van der Waals surface area contributed by atoms with Crippen LogP contribution in [0.15, 0.2) is 28.7 Å². The van der Waals surface area contributed by atoms with Gasteiger partial charge in [-0.1, -0.05) is 34.1 Å². The van der Waals surface area contributed by atoms with Crippen molar-refractivity contribution in [2.24, 2.45) is 5.73 Å². The van der Waals surface area contributed by atoms with Crippen LogP contribution in [0.3, 0.4) is 0 Å². The summed E-state index contributed by atoms with van der Waals surface area (Å²) in [6, 6.07) is 8.13. The second-order valence-corrected chi connectivity index (χ2v) is 4.48. The number of benzene rings is 1. The summed E-state index contributed by atoms with van der Waals surface area (Å²) in [5.74, 6) is 0.